The molecule has 1 N–H and O–H groups in total. The van der Waals surface area contributed by atoms with Gasteiger partial charge in [0.15, 0.2) is 0 Å². The Morgan fingerprint density at radius 1 is 1.35 bits per heavy atom. The highest BCUT2D eigenvalue weighted by Crippen LogP contribution is 2.15. The quantitative estimate of drug-likeness (QED) is 0.857. The van der Waals surface area contributed by atoms with Crippen molar-refractivity contribution in [2.24, 2.45) is 5.92 Å². The van der Waals surface area contributed by atoms with Crippen molar-refractivity contribution in [1.29, 1.82) is 0 Å². The van der Waals surface area contributed by atoms with Crippen LogP contribution in [0.3, 0.4) is 0 Å². The molecule has 0 saturated carbocycles. The fourth-order valence-corrected chi connectivity index (χ4v) is 2.20. The van der Waals surface area contributed by atoms with Crippen LogP contribution >= 0.6 is 0 Å². The van der Waals surface area contributed by atoms with Crippen LogP contribution < -0.4 is 5.32 Å². The van der Waals surface area contributed by atoms with Crippen LogP contribution in [0.2, 0.25) is 0 Å². The first kappa shape index (κ1) is 12.1. The Balaban J connectivity index is 2.22. The summed E-state index contributed by atoms with van der Waals surface area (Å²) in [6.45, 7) is 5.45. The highest BCUT2D eigenvalue weighted by atomic mass is 15.3. The number of aromatic nitrogens is 2. The van der Waals surface area contributed by atoms with Crippen molar-refractivity contribution in [2.45, 2.75) is 32.9 Å². The number of nitrogens with one attached hydrogen (secondary N) is 1. The summed E-state index contributed by atoms with van der Waals surface area (Å²) < 4.78 is 2.10. The van der Waals surface area contributed by atoms with E-state index >= 15 is 0 Å². The van der Waals surface area contributed by atoms with E-state index in [0.717, 1.165) is 6.54 Å². The van der Waals surface area contributed by atoms with Gasteiger partial charge in [0.25, 0.3) is 0 Å². The van der Waals surface area contributed by atoms with Crippen LogP contribution in [0.5, 0.6) is 0 Å². The Morgan fingerprint density at radius 3 is 2.82 bits per heavy atom. The van der Waals surface area contributed by atoms with Crippen molar-refractivity contribution in [3.63, 3.8) is 0 Å². The lowest BCUT2D eigenvalue weighted by Crippen LogP contribution is -2.36. The van der Waals surface area contributed by atoms with Gasteiger partial charge in [0.1, 0.15) is 0 Å². The monoisotopic (exact) mass is 231 g/mol. The molecular formula is C14H21N3. The van der Waals surface area contributed by atoms with E-state index in [1.165, 1.54) is 17.3 Å². The van der Waals surface area contributed by atoms with E-state index in [-0.39, 0.29) is 0 Å². The van der Waals surface area contributed by atoms with Crippen molar-refractivity contribution in [1.82, 2.24) is 15.1 Å². The predicted octanol–water partition coefficient (Wildman–Crippen LogP) is 2.67. The van der Waals surface area contributed by atoms with Gasteiger partial charge in [-0.15, -0.1) is 0 Å². The number of benzene rings is 1. The van der Waals surface area contributed by atoms with E-state index in [0.29, 0.717) is 12.0 Å². The standard InChI is InChI=1S/C14H21N3/c1-4-11(2)13(15-3)10-17-14-8-6-5-7-12(14)9-16-17/h5-9,11,13,15H,4,10H2,1-3H3. The molecule has 3 heteroatoms. The molecular weight excluding hydrogens is 210 g/mol. The molecule has 0 amide bonds. The molecule has 2 atom stereocenters. The Morgan fingerprint density at radius 2 is 2.12 bits per heavy atom. The summed E-state index contributed by atoms with van der Waals surface area (Å²) in [6.07, 6.45) is 3.13. The maximum atomic E-state index is 4.48. The number of para-hydroxylation sites is 1. The highest BCUT2D eigenvalue weighted by Gasteiger charge is 2.15. The van der Waals surface area contributed by atoms with Gasteiger partial charge in [-0.3, -0.25) is 4.68 Å². The van der Waals surface area contributed by atoms with E-state index in [1.54, 1.807) is 0 Å². The topological polar surface area (TPSA) is 29.9 Å². The zero-order chi connectivity index (χ0) is 12.3. The minimum absolute atomic E-state index is 0.475. The first-order valence-corrected chi connectivity index (χ1v) is 6.34. The molecule has 1 aromatic carbocycles. The Labute approximate surface area is 103 Å². The molecule has 0 bridgehead atoms. The van der Waals surface area contributed by atoms with E-state index in [4.69, 9.17) is 0 Å². The van der Waals surface area contributed by atoms with Crippen LogP contribution in [-0.4, -0.2) is 22.9 Å². The summed E-state index contributed by atoms with van der Waals surface area (Å²) in [5.41, 5.74) is 1.22. The highest BCUT2D eigenvalue weighted by molar-refractivity contribution is 5.78. The Kier molecular flexibility index (Phi) is 3.79. The number of hydrogen-bond acceptors (Lipinski definition) is 2. The van der Waals surface area contributed by atoms with Gasteiger partial charge in [-0.1, -0.05) is 38.5 Å². The first-order valence-electron chi connectivity index (χ1n) is 6.34. The summed E-state index contributed by atoms with van der Waals surface area (Å²) in [7, 11) is 2.03. The average molecular weight is 231 g/mol. The van der Waals surface area contributed by atoms with Gasteiger partial charge < -0.3 is 5.32 Å². The lowest BCUT2D eigenvalue weighted by molar-refractivity contribution is 0.340. The zero-order valence-corrected chi connectivity index (χ0v) is 10.9. The van der Waals surface area contributed by atoms with Crippen molar-refractivity contribution < 1.29 is 0 Å². The molecule has 92 valence electrons. The Bertz CT molecular complexity index is 475. The van der Waals surface area contributed by atoms with Crippen LogP contribution in [0, 0.1) is 5.92 Å². The van der Waals surface area contributed by atoms with E-state index in [2.05, 4.69) is 53.2 Å². The van der Waals surface area contributed by atoms with Gasteiger partial charge in [-0.2, -0.15) is 5.10 Å². The number of fused-ring (bicyclic) bond motifs is 1. The number of rotatable bonds is 5. The van der Waals surface area contributed by atoms with Crippen LogP contribution in [0.4, 0.5) is 0 Å². The SMILES string of the molecule is CCC(C)C(Cn1ncc2ccccc21)NC. The molecule has 1 aromatic heterocycles. The third-order valence-electron chi connectivity index (χ3n) is 3.62. The first-order chi connectivity index (χ1) is 8.26. The van der Waals surface area contributed by atoms with Crippen molar-refractivity contribution in [3.05, 3.63) is 30.5 Å². The molecule has 0 aliphatic heterocycles. The fourth-order valence-electron chi connectivity index (χ4n) is 2.20. The summed E-state index contributed by atoms with van der Waals surface area (Å²) in [5.74, 6) is 0.656. The second-order valence-electron chi connectivity index (χ2n) is 4.67. The molecule has 0 aliphatic rings. The second kappa shape index (κ2) is 5.32. The molecule has 3 nitrogen and oxygen atoms in total. The van der Waals surface area contributed by atoms with E-state index in [1.807, 2.05) is 13.2 Å². The van der Waals surface area contributed by atoms with E-state index < -0.39 is 0 Å². The van der Waals surface area contributed by atoms with E-state index in [9.17, 15) is 0 Å². The minimum Gasteiger partial charge on any atom is -0.315 e. The largest absolute Gasteiger partial charge is 0.315 e. The van der Waals surface area contributed by atoms with Crippen molar-refractivity contribution in [2.75, 3.05) is 7.05 Å². The summed E-state index contributed by atoms with van der Waals surface area (Å²) in [5, 5.41) is 9.09. The molecule has 0 spiro atoms. The summed E-state index contributed by atoms with van der Waals surface area (Å²) in [6, 6.07) is 8.84. The molecule has 2 unspecified atom stereocenters. The minimum atomic E-state index is 0.475. The number of nitrogens with zero attached hydrogens (tertiary/aromatic N) is 2. The zero-order valence-electron chi connectivity index (χ0n) is 10.9. The third kappa shape index (κ3) is 2.50. The normalized spacial score (nSPS) is 15.0. The number of likely N-dealkylation sites (N-methyl/N-ethyl adjacent to an activating group) is 1. The fraction of sp³-hybridized carbons (Fsp3) is 0.500. The predicted molar refractivity (Wildman–Crippen MR) is 72.0 cm³/mol. The second-order valence-corrected chi connectivity index (χ2v) is 4.67. The van der Waals surface area contributed by atoms with Crippen LogP contribution in [0.15, 0.2) is 30.5 Å². The van der Waals surface area contributed by atoms with Gasteiger partial charge in [-0.25, -0.2) is 0 Å². The molecule has 0 saturated heterocycles. The molecule has 2 aromatic rings. The van der Waals surface area contributed by atoms with Gasteiger partial charge >= 0.3 is 0 Å². The van der Waals surface area contributed by atoms with Gasteiger partial charge in [-0.05, 0) is 19.0 Å². The van der Waals surface area contributed by atoms with Gasteiger partial charge in [0.05, 0.1) is 18.3 Å². The van der Waals surface area contributed by atoms with Crippen molar-refractivity contribution in [3.8, 4) is 0 Å². The third-order valence-corrected chi connectivity index (χ3v) is 3.62. The molecule has 1 heterocycles. The average Bonchev–Trinajstić information content (AvgIpc) is 2.78. The van der Waals surface area contributed by atoms with Crippen LogP contribution in [-0.2, 0) is 6.54 Å². The van der Waals surface area contributed by atoms with Crippen LogP contribution in [0.25, 0.3) is 10.9 Å². The maximum absolute atomic E-state index is 4.48. The summed E-state index contributed by atoms with van der Waals surface area (Å²) >= 11 is 0. The number of hydrogen-bond donors (Lipinski definition) is 1. The Hall–Kier alpha value is -1.35. The maximum Gasteiger partial charge on any atom is 0.0683 e. The molecule has 0 fully saturated rings. The molecule has 0 aliphatic carbocycles. The molecule has 17 heavy (non-hydrogen) atoms. The van der Waals surface area contributed by atoms with Gasteiger partial charge in [0.2, 0.25) is 0 Å². The van der Waals surface area contributed by atoms with Gasteiger partial charge in [0, 0.05) is 11.4 Å². The van der Waals surface area contributed by atoms with Crippen LogP contribution in [0.1, 0.15) is 20.3 Å². The lowest BCUT2D eigenvalue weighted by atomic mass is 9.99. The molecule has 2 rings (SSSR count). The molecule has 0 radical (unpaired) electrons. The summed E-state index contributed by atoms with van der Waals surface area (Å²) in [4.78, 5) is 0. The lowest BCUT2D eigenvalue weighted by Gasteiger charge is -2.22. The smallest absolute Gasteiger partial charge is 0.0683 e. The van der Waals surface area contributed by atoms with Crippen molar-refractivity contribution >= 4 is 10.9 Å².